The molecule has 3 heteroatoms. The molecule has 0 bridgehead atoms. The summed E-state index contributed by atoms with van der Waals surface area (Å²) in [6.07, 6.45) is 0. The molecule has 0 aliphatic heterocycles. The van der Waals surface area contributed by atoms with Crippen LogP contribution in [0, 0.1) is 20.8 Å². The van der Waals surface area contributed by atoms with Gasteiger partial charge < -0.3 is 15.2 Å². The van der Waals surface area contributed by atoms with Crippen molar-refractivity contribution in [3.05, 3.63) is 52.1 Å². The molecule has 2 N–H and O–H groups in total. The van der Waals surface area contributed by atoms with E-state index in [9.17, 15) is 0 Å². The molecule has 2 rings (SSSR count). The number of nitrogens with two attached hydrogens (primary N) is 1. The summed E-state index contributed by atoms with van der Waals surface area (Å²) < 4.78 is 10.9. The number of rotatable bonds is 4. The molecule has 0 heterocycles. The van der Waals surface area contributed by atoms with Gasteiger partial charge in [-0.1, -0.05) is 32.0 Å². The average molecular weight is 313 g/mol. The lowest BCUT2D eigenvalue weighted by atomic mass is 9.76. The zero-order valence-corrected chi connectivity index (χ0v) is 15.2. The molecule has 0 radical (unpaired) electrons. The Morgan fingerprint density at radius 3 is 1.52 bits per heavy atom. The van der Waals surface area contributed by atoms with Crippen molar-refractivity contribution < 1.29 is 9.47 Å². The first kappa shape index (κ1) is 17.2. The molecule has 23 heavy (non-hydrogen) atoms. The summed E-state index contributed by atoms with van der Waals surface area (Å²) in [6, 6.07) is 8.56. The highest BCUT2D eigenvalue weighted by Crippen LogP contribution is 2.39. The summed E-state index contributed by atoms with van der Waals surface area (Å²) >= 11 is 0. The Hall–Kier alpha value is -2.16. The van der Waals surface area contributed by atoms with Gasteiger partial charge in [-0.05, 0) is 54.7 Å². The van der Waals surface area contributed by atoms with Crippen LogP contribution in [0.4, 0.5) is 5.69 Å². The second kappa shape index (κ2) is 6.15. The zero-order valence-electron chi connectivity index (χ0n) is 15.2. The molecule has 2 aromatic carbocycles. The fraction of sp³-hybridized carbons (Fsp3) is 0.400. The van der Waals surface area contributed by atoms with Crippen LogP contribution in [0.3, 0.4) is 0 Å². The molecular weight excluding hydrogens is 286 g/mol. The molecule has 0 saturated carbocycles. The third-order valence-corrected chi connectivity index (χ3v) is 4.62. The maximum atomic E-state index is 6.17. The molecule has 0 atom stereocenters. The molecule has 0 unspecified atom stereocenters. The lowest BCUT2D eigenvalue weighted by Crippen LogP contribution is -2.20. The van der Waals surface area contributed by atoms with Crippen molar-refractivity contribution in [2.45, 2.75) is 40.0 Å². The normalized spacial score (nSPS) is 11.4. The Labute approximate surface area is 139 Å². The van der Waals surface area contributed by atoms with Gasteiger partial charge in [0.15, 0.2) is 0 Å². The van der Waals surface area contributed by atoms with Gasteiger partial charge in [0.2, 0.25) is 0 Å². The highest BCUT2D eigenvalue weighted by molar-refractivity contribution is 5.61. The molecule has 0 aromatic heterocycles. The minimum absolute atomic E-state index is 0.160. The Bertz CT molecular complexity index is 625. The smallest absolute Gasteiger partial charge is 0.144 e. The molecule has 0 amide bonds. The lowest BCUT2D eigenvalue weighted by Gasteiger charge is -2.29. The van der Waals surface area contributed by atoms with Crippen molar-refractivity contribution in [2.24, 2.45) is 0 Å². The van der Waals surface area contributed by atoms with E-state index in [0.717, 1.165) is 28.2 Å². The predicted molar refractivity (Wildman–Crippen MR) is 96.7 cm³/mol. The third-order valence-electron chi connectivity index (χ3n) is 4.62. The first-order chi connectivity index (χ1) is 10.7. The molecule has 0 aliphatic carbocycles. The van der Waals surface area contributed by atoms with Gasteiger partial charge in [0.1, 0.15) is 11.5 Å². The summed E-state index contributed by atoms with van der Waals surface area (Å²) in [6.45, 7) is 10.6. The number of benzene rings is 2. The van der Waals surface area contributed by atoms with E-state index in [1.54, 1.807) is 14.2 Å². The fourth-order valence-corrected chi connectivity index (χ4v) is 3.24. The minimum atomic E-state index is -0.160. The number of aryl methyl sites for hydroxylation is 3. The monoisotopic (exact) mass is 313 g/mol. The fourth-order valence-electron chi connectivity index (χ4n) is 3.24. The Balaban J connectivity index is 2.59. The number of ether oxygens (including phenoxy) is 2. The van der Waals surface area contributed by atoms with Gasteiger partial charge in [0, 0.05) is 5.41 Å². The van der Waals surface area contributed by atoms with Gasteiger partial charge >= 0.3 is 0 Å². The minimum Gasteiger partial charge on any atom is -0.496 e. The van der Waals surface area contributed by atoms with Crippen molar-refractivity contribution in [1.82, 2.24) is 0 Å². The van der Waals surface area contributed by atoms with Crippen molar-refractivity contribution in [3.8, 4) is 11.5 Å². The summed E-state index contributed by atoms with van der Waals surface area (Å²) in [5.74, 6) is 1.71. The second-order valence-electron chi connectivity index (χ2n) is 6.68. The molecule has 3 nitrogen and oxygen atoms in total. The summed E-state index contributed by atoms with van der Waals surface area (Å²) in [5, 5.41) is 0. The number of hydrogen-bond acceptors (Lipinski definition) is 3. The molecule has 0 spiro atoms. The molecular formula is C20H27NO2. The summed E-state index contributed by atoms with van der Waals surface area (Å²) in [4.78, 5) is 0. The summed E-state index contributed by atoms with van der Waals surface area (Å²) in [7, 11) is 3.37. The first-order valence-corrected chi connectivity index (χ1v) is 7.82. The van der Waals surface area contributed by atoms with Crippen LogP contribution in [0.25, 0.3) is 0 Å². The van der Waals surface area contributed by atoms with Crippen LogP contribution in [0.5, 0.6) is 11.5 Å². The van der Waals surface area contributed by atoms with Crippen LogP contribution in [-0.4, -0.2) is 14.2 Å². The first-order valence-electron chi connectivity index (χ1n) is 7.82. The van der Waals surface area contributed by atoms with E-state index in [2.05, 4.69) is 45.9 Å². The number of nitrogen functional groups attached to an aromatic ring is 1. The third kappa shape index (κ3) is 3.00. The Kier molecular flexibility index (Phi) is 4.60. The molecule has 0 fully saturated rings. The van der Waals surface area contributed by atoms with Crippen molar-refractivity contribution in [1.29, 1.82) is 0 Å². The molecule has 2 aromatic rings. The molecule has 0 aliphatic rings. The number of anilines is 1. The van der Waals surface area contributed by atoms with Crippen LogP contribution in [-0.2, 0) is 5.41 Å². The van der Waals surface area contributed by atoms with Gasteiger partial charge in [-0.3, -0.25) is 0 Å². The topological polar surface area (TPSA) is 44.5 Å². The van der Waals surface area contributed by atoms with E-state index in [1.807, 2.05) is 13.0 Å². The van der Waals surface area contributed by atoms with Crippen molar-refractivity contribution in [3.63, 3.8) is 0 Å². The quantitative estimate of drug-likeness (QED) is 0.843. The van der Waals surface area contributed by atoms with Gasteiger partial charge in [0.05, 0.1) is 19.9 Å². The Morgan fingerprint density at radius 1 is 0.739 bits per heavy atom. The maximum Gasteiger partial charge on any atom is 0.144 e. The molecule has 0 saturated heterocycles. The molecule has 124 valence electrons. The van der Waals surface area contributed by atoms with E-state index in [0.29, 0.717) is 5.69 Å². The predicted octanol–water partition coefficient (Wildman–Crippen LogP) is 4.54. The average Bonchev–Trinajstić information content (AvgIpc) is 2.46. The second-order valence-corrected chi connectivity index (χ2v) is 6.68. The van der Waals surface area contributed by atoms with Crippen LogP contribution in [0.1, 0.15) is 41.7 Å². The van der Waals surface area contributed by atoms with Crippen LogP contribution < -0.4 is 15.2 Å². The van der Waals surface area contributed by atoms with E-state index >= 15 is 0 Å². The zero-order chi connectivity index (χ0) is 17.4. The lowest BCUT2D eigenvalue weighted by molar-refractivity contribution is 0.408. The van der Waals surface area contributed by atoms with E-state index < -0.39 is 0 Å². The standard InChI is InChI=1S/C20H27NO2/c1-12-8-15(9-13(2)18(12)22-6)20(4,5)16-10-14(3)19(23-7)17(21)11-16/h8-11H,21H2,1-7H3. The largest absolute Gasteiger partial charge is 0.496 e. The van der Waals surface area contributed by atoms with E-state index in [4.69, 9.17) is 15.2 Å². The maximum absolute atomic E-state index is 6.17. The van der Waals surface area contributed by atoms with E-state index in [-0.39, 0.29) is 5.41 Å². The van der Waals surface area contributed by atoms with Crippen LogP contribution in [0.15, 0.2) is 24.3 Å². The summed E-state index contributed by atoms with van der Waals surface area (Å²) in [5.41, 5.74) is 12.5. The van der Waals surface area contributed by atoms with Gasteiger partial charge in [-0.15, -0.1) is 0 Å². The van der Waals surface area contributed by atoms with Crippen molar-refractivity contribution in [2.75, 3.05) is 20.0 Å². The van der Waals surface area contributed by atoms with Gasteiger partial charge in [-0.2, -0.15) is 0 Å². The van der Waals surface area contributed by atoms with Crippen molar-refractivity contribution >= 4 is 5.69 Å². The number of hydrogen-bond donors (Lipinski definition) is 1. The van der Waals surface area contributed by atoms with Gasteiger partial charge in [0.25, 0.3) is 0 Å². The Morgan fingerprint density at radius 2 is 1.13 bits per heavy atom. The van der Waals surface area contributed by atoms with E-state index in [1.165, 1.54) is 11.1 Å². The van der Waals surface area contributed by atoms with Gasteiger partial charge in [-0.25, -0.2) is 0 Å². The highest BCUT2D eigenvalue weighted by Gasteiger charge is 2.26. The SMILES string of the molecule is COc1c(C)cc(C(C)(C)c2cc(C)c(OC)c(N)c2)cc1C. The van der Waals surface area contributed by atoms with Crippen LogP contribution in [0.2, 0.25) is 0 Å². The number of methoxy groups -OCH3 is 2. The highest BCUT2D eigenvalue weighted by atomic mass is 16.5. The van der Waals surface area contributed by atoms with Crippen LogP contribution >= 0.6 is 0 Å².